The molecule has 1 heterocycles. The number of sulfonamides is 1. The van der Waals surface area contributed by atoms with Crippen LogP contribution in [0.2, 0.25) is 0 Å². The molecule has 0 radical (unpaired) electrons. The third kappa shape index (κ3) is 2.69. The molecule has 0 aliphatic carbocycles. The summed E-state index contributed by atoms with van der Waals surface area (Å²) in [6, 6.07) is 10.1. The van der Waals surface area contributed by atoms with Crippen molar-refractivity contribution in [3.63, 3.8) is 0 Å². The summed E-state index contributed by atoms with van der Waals surface area (Å²) in [7, 11) is -3.69. The van der Waals surface area contributed by atoms with Crippen molar-refractivity contribution in [2.75, 3.05) is 5.73 Å². The number of fused-ring (bicyclic) bond motifs is 1. The summed E-state index contributed by atoms with van der Waals surface area (Å²) in [5, 5.41) is 14.4. The summed E-state index contributed by atoms with van der Waals surface area (Å²) in [6.45, 7) is -0.0375. The molecular formula is C12H12N6O2S. The van der Waals surface area contributed by atoms with E-state index in [2.05, 4.69) is 25.3 Å². The average Bonchev–Trinajstić information content (AvgIpc) is 2.97. The van der Waals surface area contributed by atoms with Crippen LogP contribution >= 0.6 is 0 Å². The number of benzene rings is 2. The highest BCUT2D eigenvalue weighted by Crippen LogP contribution is 2.24. The lowest BCUT2D eigenvalue weighted by Gasteiger charge is -2.09. The van der Waals surface area contributed by atoms with Gasteiger partial charge in [-0.15, -0.1) is 10.2 Å². The predicted octanol–water partition coefficient (Wildman–Crippen LogP) is 0.414. The van der Waals surface area contributed by atoms with Gasteiger partial charge >= 0.3 is 0 Å². The van der Waals surface area contributed by atoms with Gasteiger partial charge < -0.3 is 5.73 Å². The van der Waals surface area contributed by atoms with Crippen LogP contribution in [0.25, 0.3) is 10.8 Å². The van der Waals surface area contributed by atoms with E-state index in [9.17, 15) is 8.42 Å². The fourth-order valence-corrected chi connectivity index (χ4v) is 3.21. The Morgan fingerprint density at radius 2 is 2.10 bits per heavy atom. The van der Waals surface area contributed by atoms with Crippen molar-refractivity contribution in [1.29, 1.82) is 0 Å². The molecule has 2 aromatic carbocycles. The van der Waals surface area contributed by atoms with Gasteiger partial charge in [0.25, 0.3) is 0 Å². The molecule has 9 heteroatoms. The second kappa shape index (κ2) is 5.11. The van der Waals surface area contributed by atoms with Gasteiger partial charge in [0.2, 0.25) is 10.0 Å². The number of aromatic nitrogens is 4. The molecule has 0 spiro atoms. The van der Waals surface area contributed by atoms with E-state index in [0.717, 1.165) is 5.39 Å². The van der Waals surface area contributed by atoms with Crippen LogP contribution < -0.4 is 10.5 Å². The highest BCUT2D eigenvalue weighted by Gasteiger charge is 2.17. The fraction of sp³-hybridized carbons (Fsp3) is 0.0833. The molecular weight excluding hydrogens is 292 g/mol. The van der Waals surface area contributed by atoms with Crippen molar-refractivity contribution >= 4 is 26.5 Å². The molecule has 3 aromatic rings. The number of nitrogens with two attached hydrogens (primary N) is 1. The summed E-state index contributed by atoms with van der Waals surface area (Å²) < 4.78 is 27.2. The quantitative estimate of drug-likeness (QED) is 0.599. The fourth-order valence-electron chi connectivity index (χ4n) is 2.00. The van der Waals surface area contributed by atoms with E-state index >= 15 is 0 Å². The maximum absolute atomic E-state index is 12.4. The molecule has 0 aliphatic heterocycles. The molecule has 8 nitrogen and oxygen atoms in total. The molecule has 0 saturated heterocycles. The highest BCUT2D eigenvalue weighted by molar-refractivity contribution is 7.89. The Balaban J connectivity index is 1.98. The molecule has 3 rings (SSSR count). The molecule has 0 atom stereocenters. The highest BCUT2D eigenvalue weighted by atomic mass is 32.2. The Kier molecular flexibility index (Phi) is 3.28. The lowest BCUT2D eigenvalue weighted by molar-refractivity contribution is 0.580. The minimum absolute atomic E-state index is 0.0375. The summed E-state index contributed by atoms with van der Waals surface area (Å²) in [5.74, 6) is 0.267. The topological polar surface area (TPSA) is 127 Å². The van der Waals surface area contributed by atoms with Crippen molar-refractivity contribution in [3.8, 4) is 0 Å². The number of nitrogens with one attached hydrogen (secondary N) is 2. The molecule has 0 amide bonds. The Morgan fingerprint density at radius 3 is 2.86 bits per heavy atom. The summed E-state index contributed by atoms with van der Waals surface area (Å²) in [6.07, 6.45) is 0. The zero-order chi connectivity index (χ0) is 14.9. The van der Waals surface area contributed by atoms with Gasteiger partial charge in [0.15, 0.2) is 5.82 Å². The average molecular weight is 304 g/mol. The SMILES string of the molecule is Nc1ccc2c(S(=O)(=O)NCc3nn[nH]n3)cccc2c1. The summed E-state index contributed by atoms with van der Waals surface area (Å²) in [5.41, 5.74) is 6.29. The Hall–Kier alpha value is -2.52. The van der Waals surface area contributed by atoms with Crippen molar-refractivity contribution in [1.82, 2.24) is 25.3 Å². The first-order valence-corrected chi connectivity index (χ1v) is 7.55. The van der Waals surface area contributed by atoms with Crippen LogP contribution in [-0.4, -0.2) is 29.0 Å². The number of rotatable bonds is 4. The number of hydrogen-bond donors (Lipinski definition) is 3. The van der Waals surface area contributed by atoms with Gasteiger partial charge in [-0.2, -0.15) is 5.21 Å². The molecule has 0 unspecified atom stereocenters. The second-order valence-corrected chi connectivity index (χ2v) is 6.12. The molecule has 4 N–H and O–H groups in total. The smallest absolute Gasteiger partial charge is 0.241 e. The Bertz CT molecular complexity index is 876. The van der Waals surface area contributed by atoms with E-state index in [0.29, 0.717) is 11.1 Å². The van der Waals surface area contributed by atoms with Crippen LogP contribution in [0, 0.1) is 0 Å². The van der Waals surface area contributed by atoms with Gasteiger partial charge in [-0.3, -0.25) is 0 Å². The molecule has 108 valence electrons. The van der Waals surface area contributed by atoms with E-state index in [1.165, 1.54) is 6.07 Å². The van der Waals surface area contributed by atoms with E-state index in [-0.39, 0.29) is 17.3 Å². The maximum atomic E-state index is 12.4. The third-order valence-corrected chi connectivity index (χ3v) is 4.42. The van der Waals surface area contributed by atoms with Crippen molar-refractivity contribution in [2.24, 2.45) is 0 Å². The molecule has 0 fully saturated rings. The van der Waals surface area contributed by atoms with Gasteiger partial charge in [0.1, 0.15) is 0 Å². The number of hydrogen-bond acceptors (Lipinski definition) is 6. The predicted molar refractivity (Wildman–Crippen MR) is 76.6 cm³/mol. The van der Waals surface area contributed by atoms with Gasteiger partial charge in [-0.1, -0.05) is 23.4 Å². The van der Waals surface area contributed by atoms with E-state index in [1.807, 2.05) is 6.07 Å². The zero-order valence-corrected chi connectivity index (χ0v) is 11.6. The maximum Gasteiger partial charge on any atom is 0.241 e. The number of anilines is 1. The van der Waals surface area contributed by atoms with Crippen molar-refractivity contribution in [2.45, 2.75) is 11.4 Å². The number of nitrogen functional groups attached to an aromatic ring is 1. The van der Waals surface area contributed by atoms with Crippen LogP contribution in [0.15, 0.2) is 41.3 Å². The van der Waals surface area contributed by atoms with Crippen LogP contribution in [0.5, 0.6) is 0 Å². The van der Waals surface area contributed by atoms with Crippen molar-refractivity contribution < 1.29 is 8.42 Å². The van der Waals surface area contributed by atoms with E-state index in [1.54, 1.807) is 24.3 Å². The molecule has 0 bridgehead atoms. The third-order valence-electron chi connectivity index (χ3n) is 2.96. The molecule has 1 aromatic heterocycles. The number of aromatic amines is 1. The van der Waals surface area contributed by atoms with E-state index in [4.69, 9.17) is 5.73 Å². The standard InChI is InChI=1S/C12H12N6O2S/c13-9-4-5-10-8(6-9)2-1-3-11(10)21(19,20)14-7-12-15-17-18-16-12/h1-6,14H,7,13H2,(H,15,16,17,18). The molecule has 0 saturated carbocycles. The number of tetrazole rings is 1. The number of H-pyrrole nitrogens is 1. The largest absolute Gasteiger partial charge is 0.399 e. The zero-order valence-electron chi connectivity index (χ0n) is 10.8. The first-order chi connectivity index (χ1) is 10.1. The minimum Gasteiger partial charge on any atom is -0.399 e. The van der Waals surface area contributed by atoms with Crippen LogP contribution in [0.3, 0.4) is 0 Å². The van der Waals surface area contributed by atoms with Gasteiger partial charge in [0.05, 0.1) is 11.4 Å². The van der Waals surface area contributed by atoms with Crippen LogP contribution in [-0.2, 0) is 16.6 Å². The lowest BCUT2D eigenvalue weighted by Crippen LogP contribution is -2.24. The molecule has 21 heavy (non-hydrogen) atoms. The normalized spacial score (nSPS) is 11.8. The summed E-state index contributed by atoms with van der Waals surface area (Å²) >= 11 is 0. The van der Waals surface area contributed by atoms with E-state index < -0.39 is 10.0 Å². The first-order valence-electron chi connectivity index (χ1n) is 6.06. The monoisotopic (exact) mass is 304 g/mol. The lowest BCUT2D eigenvalue weighted by atomic mass is 10.1. The van der Waals surface area contributed by atoms with Gasteiger partial charge in [-0.25, -0.2) is 13.1 Å². The van der Waals surface area contributed by atoms with Crippen LogP contribution in [0.1, 0.15) is 5.82 Å². The Labute approximate surface area is 120 Å². The van der Waals surface area contributed by atoms with Gasteiger partial charge in [-0.05, 0) is 23.6 Å². The number of nitrogens with zero attached hydrogens (tertiary/aromatic N) is 3. The summed E-state index contributed by atoms with van der Waals surface area (Å²) in [4.78, 5) is 0.184. The van der Waals surface area contributed by atoms with Crippen LogP contribution in [0.4, 0.5) is 5.69 Å². The second-order valence-electron chi connectivity index (χ2n) is 4.39. The van der Waals surface area contributed by atoms with Gasteiger partial charge in [0, 0.05) is 11.1 Å². The van der Waals surface area contributed by atoms with Crippen molar-refractivity contribution in [3.05, 3.63) is 42.2 Å². The first kappa shape index (κ1) is 13.5. The molecule has 0 aliphatic rings. The Morgan fingerprint density at radius 1 is 1.24 bits per heavy atom. The minimum atomic E-state index is -3.69.